The number of β-amino-alcohol motifs (C(OH)–C–C–N with tert-alkyl or cyclic N) is 1. The summed E-state index contributed by atoms with van der Waals surface area (Å²) >= 11 is 0. The van der Waals surface area contributed by atoms with Crippen LogP contribution in [0.2, 0.25) is 0 Å². The van der Waals surface area contributed by atoms with Crippen molar-refractivity contribution in [3.05, 3.63) is 42.5 Å². The highest BCUT2D eigenvalue weighted by Gasteiger charge is 2.46. The lowest BCUT2D eigenvalue weighted by molar-refractivity contribution is -0.0581. The number of allylic oxidation sites excluding steroid dienone is 3. The molecule has 0 spiro atoms. The van der Waals surface area contributed by atoms with E-state index in [-0.39, 0.29) is 25.2 Å². The fourth-order valence-corrected chi connectivity index (χ4v) is 5.00. The average molecular weight is 444 g/mol. The molecule has 0 aromatic carbocycles. The zero-order valence-electron chi connectivity index (χ0n) is 18.0. The second kappa shape index (κ2) is 7.26. The highest BCUT2D eigenvalue weighted by molar-refractivity contribution is 5.93. The van der Waals surface area contributed by atoms with Gasteiger partial charge >= 0.3 is 6.03 Å². The Bertz CT molecular complexity index is 1120. The summed E-state index contributed by atoms with van der Waals surface area (Å²) in [4.78, 5) is 20.7. The molecule has 2 amide bonds. The molecule has 10 heteroatoms. The third kappa shape index (κ3) is 3.42. The minimum Gasteiger partial charge on any atom is -0.386 e. The molecule has 2 aromatic heterocycles. The van der Waals surface area contributed by atoms with E-state index in [1.807, 2.05) is 4.90 Å². The topological polar surface area (TPSA) is 86.0 Å². The number of aliphatic hydroxyl groups is 1. The Hall–Kier alpha value is -3.01. The highest BCUT2D eigenvalue weighted by Crippen LogP contribution is 2.44. The van der Waals surface area contributed by atoms with Gasteiger partial charge in [-0.15, -0.1) is 0 Å². The first-order chi connectivity index (χ1) is 15.2. The molecule has 8 nitrogen and oxygen atoms in total. The maximum absolute atomic E-state index is 14.9. The Morgan fingerprint density at radius 1 is 1.34 bits per heavy atom. The summed E-state index contributed by atoms with van der Waals surface area (Å²) in [6, 6.07) is 1.21. The molecule has 2 aliphatic heterocycles. The number of halogens is 2. The van der Waals surface area contributed by atoms with Crippen LogP contribution in [0.15, 0.2) is 42.5 Å². The van der Waals surface area contributed by atoms with Gasteiger partial charge in [-0.2, -0.15) is 5.10 Å². The molecule has 2 saturated heterocycles. The molecule has 170 valence electrons. The van der Waals surface area contributed by atoms with Gasteiger partial charge in [0.15, 0.2) is 5.65 Å². The Kier molecular flexibility index (Phi) is 4.74. The van der Waals surface area contributed by atoms with Crippen molar-refractivity contribution in [2.45, 2.75) is 44.5 Å². The van der Waals surface area contributed by atoms with Crippen LogP contribution in [-0.2, 0) is 0 Å². The molecular weight excluding hydrogens is 418 g/mol. The number of amides is 2. The van der Waals surface area contributed by atoms with E-state index in [2.05, 4.69) is 10.4 Å². The zero-order valence-corrected chi connectivity index (χ0v) is 18.0. The summed E-state index contributed by atoms with van der Waals surface area (Å²) in [5.41, 5.74) is -0.961. The van der Waals surface area contributed by atoms with E-state index in [1.165, 1.54) is 29.3 Å². The van der Waals surface area contributed by atoms with Gasteiger partial charge in [0.25, 0.3) is 0 Å². The Morgan fingerprint density at radius 2 is 2.12 bits per heavy atom. The molecule has 0 radical (unpaired) electrons. The van der Waals surface area contributed by atoms with E-state index in [4.69, 9.17) is 4.98 Å². The van der Waals surface area contributed by atoms with Gasteiger partial charge in [-0.25, -0.2) is 23.1 Å². The number of likely N-dealkylation sites (tertiary alicyclic amines) is 1. The Balaban J connectivity index is 1.41. The average Bonchev–Trinajstić information content (AvgIpc) is 3.36. The van der Waals surface area contributed by atoms with Gasteiger partial charge in [0.2, 0.25) is 0 Å². The number of hydrogen-bond donors (Lipinski definition) is 2. The molecule has 4 heterocycles. The summed E-state index contributed by atoms with van der Waals surface area (Å²) in [5.74, 6) is 0.196. The Morgan fingerprint density at radius 3 is 2.88 bits per heavy atom. The third-order valence-corrected chi connectivity index (χ3v) is 6.68. The van der Waals surface area contributed by atoms with Crippen molar-refractivity contribution in [3.63, 3.8) is 0 Å². The first kappa shape index (κ1) is 20.9. The number of carbonyl (C=O) groups excluding carboxylic acids is 1. The van der Waals surface area contributed by atoms with Crippen LogP contribution in [0.25, 0.3) is 5.65 Å². The van der Waals surface area contributed by atoms with Crippen molar-refractivity contribution in [1.82, 2.24) is 19.5 Å². The van der Waals surface area contributed by atoms with E-state index in [0.29, 0.717) is 23.7 Å². The molecule has 2 N–H and O–H groups in total. The maximum atomic E-state index is 14.9. The first-order valence-electron chi connectivity index (χ1n) is 10.8. The van der Waals surface area contributed by atoms with Crippen LogP contribution in [0.5, 0.6) is 0 Å². The lowest BCUT2D eigenvalue weighted by atomic mass is 9.74. The van der Waals surface area contributed by atoms with Crippen molar-refractivity contribution in [1.29, 1.82) is 0 Å². The van der Waals surface area contributed by atoms with Crippen LogP contribution in [0.4, 0.5) is 25.1 Å². The minimum atomic E-state index is -1.30. The van der Waals surface area contributed by atoms with E-state index >= 15 is 0 Å². The molecule has 3 atom stereocenters. The van der Waals surface area contributed by atoms with Crippen molar-refractivity contribution in [2.75, 3.05) is 29.9 Å². The molecule has 2 unspecified atom stereocenters. The molecule has 0 saturated carbocycles. The quantitative estimate of drug-likeness (QED) is 0.760. The summed E-state index contributed by atoms with van der Waals surface area (Å²) in [6.07, 6.45) is 7.36. The van der Waals surface area contributed by atoms with Crippen molar-refractivity contribution in [3.8, 4) is 0 Å². The fraction of sp³-hybridized carbons (Fsp3) is 0.500. The molecule has 0 bridgehead atoms. The summed E-state index contributed by atoms with van der Waals surface area (Å²) in [5, 5.41) is 16.9. The molecule has 2 aromatic rings. The van der Waals surface area contributed by atoms with Crippen molar-refractivity contribution in [2.24, 2.45) is 5.41 Å². The van der Waals surface area contributed by atoms with Gasteiger partial charge in [0.1, 0.15) is 23.5 Å². The van der Waals surface area contributed by atoms with Gasteiger partial charge in [-0.3, -0.25) is 0 Å². The first-order valence-corrected chi connectivity index (χ1v) is 10.8. The predicted molar refractivity (Wildman–Crippen MR) is 116 cm³/mol. The van der Waals surface area contributed by atoms with Crippen LogP contribution in [0.1, 0.15) is 26.7 Å². The number of nitrogens with one attached hydrogen (secondary N) is 1. The largest absolute Gasteiger partial charge is 0.386 e. The number of aromatic nitrogens is 3. The van der Waals surface area contributed by atoms with Gasteiger partial charge in [0.05, 0.1) is 24.9 Å². The van der Waals surface area contributed by atoms with Gasteiger partial charge in [-0.05, 0) is 44.1 Å². The summed E-state index contributed by atoms with van der Waals surface area (Å²) in [7, 11) is 0. The van der Waals surface area contributed by atoms with Crippen LogP contribution >= 0.6 is 0 Å². The zero-order chi connectivity index (χ0) is 22.7. The second-order valence-corrected chi connectivity index (χ2v) is 9.40. The summed E-state index contributed by atoms with van der Waals surface area (Å²) < 4.78 is 30.5. The van der Waals surface area contributed by atoms with Crippen LogP contribution < -0.4 is 10.2 Å². The number of carbonyl (C=O) groups is 1. The molecule has 5 rings (SSSR count). The van der Waals surface area contributed by atoms with Gasteiger partial charge in [-0.1, -0.05) is 6.92 Å². The number of fused-ring (bicyclic) bond motifs is 1. The third-order valence-electron chi connectivity index (χ3n) is 6.68. The standard InChI is InChI=1S/C22H26F2N6O2/c1-21(32)12-28(13-21)20(31)26-15-11-25-30-9-7-18(27-19(15)30)29-8-3-4-17(29)22(2)10-14(23)5-6-16(22)24/h5-7,9-11,16-17,32H,3-4,8,12-13H2,1-2H3,(H,26,31)/t16?,17-,22?/m1/s1. The molecule has 2 fully saturated rings. The van der Waals surface area contributed by atoms with Crippen molar-refractivity contribution < 1.29 is 18.7 Å². The van der Waals surface area contributed by atoms with E-state index in [0.717, 1.165) is 12.8 Å². The molecule has 32 heavy (non-hydrogen) atoms. The highest BCUT2D eigenvalue weighted by atomic mass is 19.1. The normalized spacial score (nSPS) is 29.2. The molecule has 3 aliphatic rings. The van der Waals surface area contributed by atoms with E-state index in [1.54, 1.807) is 30.6 Å². The van der Waals surface area contributed by atoms with E-state index in [9.17, 15) is 18.7 Å². The maximum Gasteiger partial charge on any atom is 0.322 e. The van der Waals surface area contributed by atoms with Crippen molar-refractivity contribution >= 4 is 23.2 Å². The number of hydrogen-bond acceptors (Lipinski definition) is 5. The van der Waals surface area contributed by atoms with Crippen LogP contribution in [0, 0.1) is 5.41 Å². The SMILES string of the molecule is CC1(O)CN(C(=O)Nc2cnn3ccc(N4CCC[C@@H]4C4(C)C=C(F)C=CC4F)nc23)C1. The monoisotopic (exact) mass is 444 g/mol. The minimum absolute atomic E-state index is 0.257. The van der Waals surface area contributed by atoms with E-state index < -0.39 is 23.0 Å². The predicted octanol–water partition coefficient (Wildman–Crippen LogP) is 3.06. The lowest BCUT2D eigenvalue weighted by Crippen LogP contribution is -2.62. The Labute approximate surface area is 184 Å². The molecule has 1 aliphatic carbocycles. The second-order valence-electron chi connectivity index (χ2n) is 9.40. The number of anilines is 2. The number of rotatable bonds is 3. The molecular formula is C22H26F2N6O2. The number of nitrogens with zero attached hydrogens (tertiary/aromatic N) is 5. The van der Waals surface area contributed by atoms with Gasteiger partial charge < -0.3 is 20.2 Å². The van der Waals surface area contributed by atoms with Gasteiger partial charge in [0, 0.05) is 24.2 Å². The lowest BCUT2D eigenvalue weighted by Gasteiger charge is -2.43. The van der Waals surface area contributed by atoms with Crippen LogP contribution in [0.3, 0.4) is 0 Å². The number of urea groups is 1. The summed E-state index contributed by atoms with van der Waals surface area (Å²) in [6.45, 7) is 4.61. The number of alkyl halides is 1. The fourth-order valence-electron chi connectivity index (χ4n) is 5.00. The van der Waals surface area contributed by atoms with Crippen LogP contribution in [-0.4, -0.2) is 68.1 Å². The smallest absolute Gasteiger partial charge is 0.322 e.